The van der Waals surface area contributed by atoms with Crippen molar-refractivity contribution in [3.05, 3.63) is 0 Å². The van der Waals surface area contributed by atoms with Crippen LogP contribution in [0.4, 0.5) is 0 Å². The minimum atomic E-state index is -0.784. The minimum Gasteiger partial charge on any atom is -0.458 e. The molecule has 3 nitrogen and oxygen atoms in total. The van der Waals surface area contributed by atoms with Crippen LogP contribution in [0.15, 0.2) is 0 Å². The van der Waals surface area contributed by atoms with Gasteiger partial charge in [0, 0.05) is 5.92 Å². The summed E-state index contributed by atoms with van der Waals surface area (Å²) in [4.78, 5) is 10.3. The summed E-state index contributed by atoms with van der Waals surface area (Å²) in [6.45, 7) is -0.106. The number of cyclic esters (lactones) is 1. The number of hydrogen-bond acceptors (Lipinski definition) is 3. The van der Waals surface area contributed by atoms with Gasteiger partial charge in [-0.15, -0.1) is 11.6 Å². The summed E-state index contributed by atoms with van der Waals surface area (Å²) < 4.78 is 4.88. The number of carbonyl (C=O) groups excluding carboxylic acids is 1. The zero-order chi connectivity index (χ0) is 8.06. The normalized spacial score (nSPS) is 48.0. The Kier molecular flexibility index (Phi) is 1.41. The molecule has 4 heteroatoms. The molecule has 2 aliphatic rings. The lowest BCUT2D eigenvalue weighted by Gasteiger charge is -2.35. The molecular weight excluding hydrogens is 168 g/mol. The van der Waals surface area contributed by atoms with Gasteiger partial charge in [0.2, 0.25) is 0 Å². The standard InChI is InChI=1S/C7H9ClO3/c8-7-2-1-4(7)5(3-9)11-6(7)10/h4-5,9H,1-3H2/t4-,5-,7+/m1/s1. The second-order valence-corrected chi connectivity index (χ2v) is 3.81. The fraction of sp³-hybridized carbons (Fsp3) is 0.857. The molecule has 11 heavy (non-hydrogen) atoms. The molecule has 0 spiro atoms. The quantitative estimate of drug-likeness (QED) is 0.462. The van der Waals surface area contributed by atoms with Gasteiger partial charge in [-0.3, -0.25) is 4.79 Å². The molecule has 0 amide bonds. The van der Waals surface area contributed by atoms with Crippen LogP contribution in [-0.4, -0.2) is 28.7 Å². The summed E-state index contributed by atoms with van der Waals surface area (Å²) in [5, 5.41) is 8.78. The predicted octanol–water partition coefficient (Wildman–Crippen LogP) is 0.292. The van der Waals surface area contributed by atoms with Crippen molar-refractivity contribution in [2.75, 3.05) is 6.61 Å². The molecule has 2 fully saturated rings. The van der Waals surface area contributed by atoms with Crippen LogP contribution >= 0.6 is 11.6 Å². The van der Waals surface area contributed by atoms with Crippen LogP contribution in [0.5, 0.6) is 0 Å². The molecular formula is C7H9ClO3. The van der Waals surface area contributed by atoms with Crippen molar-refractivity contribution < 1.29 is 14.6 Å². The molecule has 0 aromatic rings. The van der Waals surface area contributed by atoms with Crippen molar-refractivity contribution in [2.24, 2.45) is 5.92 Å². The van der Waals surface area contributed by atoms with Crippen molar-refractivity contribution in [3.8, 4) is 0 Å². The average molecular weight is 177 g/mol. The molecule has 1 heterocycles. The predicted molar refractivity (Wildman–Crippen MR) is 38.3 cm³/mol. The van der Waals surface area contributed by atoms with Gasteiger partial charge < -0.3 is 9.84 Å². The molecule has 0 radical (unpaired) electrons. The number of hydrogen-bond donors (Lipinski definition) is 1. The van der Waals surface area contributed by atoms with Crippen molar-refractivity contribution >= 4 is 17.6 Å². The van der Waals surface area contributed by atoms with E-state index in [1.54, 1.807) is 0 Å². The zero-order valence-electron chi connectivity index (χ0n) is 5.92. The van der Waals surface area contributed by atoms with Gasteiger partial charge in [-0.2, -0.15) is 0 Å². The molecule has 1 saturated heterocycles. The van der Waals surface area contributed by atoms with Gasteiger partial charge in [-0.1, -0.05) is 0 Å². The first-order valence-electron chi connectivity index (χ1n) is 3.69. The Morgan fingerprint density at radius 3 is 2.82 bits per heavy atom. The van der Waals surface area contributed by atoms with E-state index in [0.29, 0.717) is 6.42 Å². The lowest BCUT2D eigenvalue weighted by molar-refractivity contribution is -0.144. The summed E-state index contributed by atoms with van der Waals surface area (Å²) in [5.41, 5.74) is 0. The Bertz CT molecular complexity index is 206. The Balaban J connectivity index is 2.20. The summed E-state index contributed by atoms with van der Waals surface area (Å²) in [7, 11) is 0. The second kappa shape index (κ2) is 2.11. The summed E-state index contributed by atoms with van der Waals surface area (Å²) in [6.07, 6.45) is 1.23. The van der Waals surface area contributed by atoms with E-state index in [9.17, 15) is 4.79 Å². The molecule has 1 saturated carbocycles. The molecule has 0 bridgehead atoms. The third-order valence-electron chi connectivity index (χ3n) is 2.63. The SMILES string of the molecule is O=C1O[C@H](CO)[C@H]2CC[C@@]12Cl. The lowest BCUT2D eigenvalue weighted by Crippen LogP contribution is -2.46. The Hall–Kier alpha value is -0.280. The first kappa shape index (κ1) is 7.37. The Labute approximate surface area is 69.3 Å². The van der Waals surface area contributed by atoms with Gasteiger partial charge in [0.1, 0.15) is 11.0 Å². The van der Waals surface area contributed by atoms with Crippen LogP contribution in [0.3, 0.4) is 0 Å². The highest BCUT2D eigenvalue weighted by Crippen LogP contribution is 2.52. The number of aliphatic hydroxyl groups excluding tert-OH is 1. The molecule has 62 valence electrons. The maximum Gasteiger partial charge on any atom is 0.328 e. The summed E-state index contributed by atoms with van der Waals surface area (Å²) >= 11 is 5.94. The van der Waals surface area contributed by atoms with E-state index in [4.69, 9.17) is 21.4 Å². The van der Waals surface area contributed by atoms with E-state index in [1.165, 1.54) is 0 Å². The number of rotatable bonds is 1. The molecule has 0 unspecified atom stereocenters. The fourth-order valence-corrected chi connectivity index (χ4v) is 2.18. The monoisotopic (exact) mass is 176 g/mol. The van der Waals surface area contributed by atoms with Crippen LogP contribution in [0.1, 0.15) is 12.8 Å². The minimum absolute atomic E-state index is 0.0432. The maximum absolute atomic E-state index is 11.1. The first-order valence-corrected chi connectivity index (χ1v) is 4.07. The number of carbonyl (C=O) groups is 1. The summed E-state index contributed by atoms with van der Waals surface area (Å²) in [5.74, 6) is -0.309. The van der Waals surface area contributed by atoms with Gasteiger partial charge in [0.05, 0.1) is 6.61 Å². The lowest BCUT2D eigenvalue weighted by atomic mass is 9.72. The largest absolute Gasteiger partial charge is 0.458 e. The Morgan fingerprint density at radius 1 is 1.82 bits per heavy atom. The highest BCUT2D eigenvalue weighted by molar-refractivity contribution is 6.35. The average Bonchev–Trinajstić information content (AvgIpc) is 2.12. The van der Waals surface area contributed by atoms with E-state index < -0.39 is 4.87 Å². The van der Waals surface area contributed by atoms with Crippen molar-refractivity contribution in [1.29, 1.82) is 0 Å². The van der Waals surface area contributed by atoms with Gasteiger partial charge in [-0.25, -0.2) is 0 Å². The second-order valence-electron chi connectivity index (χ2n) is 3.13. The first-order chi connectivity index (χ1) is 5.18. The van der Waals surface area contributed by atoms with E-state index in [0.717, 1.165) is 6.42 Å². The molecule has 0 aromatic heterocycles. The molecule has 1 aliphatic heterocycles. The van der Waals surface area contributed by atoms with Crippen LogP contribution in [0, 0.1) is 5.92 Å². The number of halogens is 1. The number of esters is 1. The molecule has 0 aromatic carbocycles. The highest BCUT2D eigenvalue weighted by atomic mass is 35.5. The van der Waals surface area contributed by atoms with Crippen LogP contribution in [-0.2, 0) is 9.53 Å². The van der Waals surface area contributed by atoms with Gasteiger partial charge >= 0.3 is 5.97 Å². The van der Waals surface area contributed by atoms with E-state index in [-0.39, 0.29) is 24.6 Å². The van der Waals surface area contributed by atoms with Crippen molar-refractivity contribution in [1.82, 2.24) is 0 Å². The number of ether oxygens (including phenoxy) is 1. The van der Waals surface area contributed by atoms with Gasteiger partial charge in [-0.05, 0) is 12.8 Å². The van der Waals surface area contributed by atoms with Crippen molar-refractivity contribution in [3.63, 3.8) is 0 Å². The van der Waals surface area contributed by atoms with Crippen LogP contribution in [0.25, 0.3) is 0 Å². The molecule has 1 N–H and O–H groups in total. The Morgan fingerprint density at radius 2 is 2.55 bits per heavy atom. The molecule has 1 aliphatic carbocycles. The molecule has 3 atom stereocenters. The van der Waals surface area contributed by atoms with Crippen LogP contribution < -0.4 is 0 Å². The smallest absolute Gasteiger partial charge is 0.328 e. The van der Waals surface area contributed by atoms with E-state index in [2.05, 4.69) is 0 Å². The van der Waals surface area contributed by atoms with Gasteiger partial charge in [0.15, 0.2) is 0 Å². The highest BCUT2D eigenvalue weighted by Gasteiger charge is 2.61. The van der Waals surface area contributed by atoms with Crippen LogP contribution in [0.2, 0.25) is 0 Å². The number of fused-ring (bicyclic) bond motifs is 1. The maximum atomic E-state index is 11.1. The zero-order valence-corrected chi connectivity index (χ0v) is 6.67. The molecule has 2 rings (SSSR count). The topological polar surface area (TPSA) is 46.5 Å². The number of alkyl halides is 1. The van der Waals surface area contributed by atoms with E-state index >= 15 is 0 Å². The van der Waals surface area contributed by atoms with Crippen molar-refractivity contribution in [2.45, 2.75) is 23.8 Å². The third kappa shape index (κ3) is 0.754. The third-order valence-corrected chi connectivity index (χ3v) is 3.26. The van der Waals surface area contributed by atoms with Gasteiger partial charge in [0.25, 0.3) is 0 Å². The number of aliphatic hydroxyl groups is 1. The summed E-state index contributed by atoms with van der Waals surface area (Å²) in [6, 6.07) is 0. The fourth-order valence-electron chi connectivity index (χ4n) is 1.78. The van der Waals surface area contributed by atoms with E-state index in [1.807, 2.05) is 0 Å².